The number of hydrogen-bond donors (Lipinski definition) is 0. The van der Waals surface area contributed by atoms with Crippen LogP contribution < -0.4 is 19.1 Å². The number of rotatable bonds is 9. The highest BCUT2D eigenvalue weighted by Gasteiger charge is 2.22. The zero-order valence-corrected chi connectivity index (χ0v) is 18.7. The molecule has 0 atom stereocenters. The first-order chi connectivity index (χ1) is 15.7. The minimum atomic E-state index is -0.220. The summed E-state index contributed by atoms with van der Waals surface area (Å²) in [5.74, 6) is 1.79. The number of aromatic nitrogens is 2. The van der Waals surface area contributed by atoms with Crippen LogP contribution in [0.4, 0.5) is 5.13 Å². The molecule has 0 unspecified atom stereocenters. The number of pyridine rings is 1. The molecule has 0 N–H and O–H groups in total. The molecule has 4 aromatic rings. The fourth-order valence-corrected chi connectivity index (χ4v) is 4.13. The lowest BCUT2D eigenvalue weighted by molar-refractivity contribution is -0.120. The average Bonchev–Trinajstić information content (AvgIpc) is 3.27. The maximum absolute atomic E-state index is 13.2. The van der Waals surface area contributed by atoms with Crippen molar-refractivity contribution in [2.75, 3.05) is 25.2 Å². The number of methoxy groups -OCH3 is 1. The maximum Gasteiger partial charge on any atom is 0.267 e. The number of benzene rings is 2. The molecule has 0 saturated carbocycles. The number of fused-ring (bicyclic) bond motifs is 1. The number of anilines is 1. The first-order valence-electron chi connectivity index (χ1n) is 10.2. The van der Waals surface area contributed by atoms with Crippen molar-refractivity contribution in [3.63, 3.8) is 0 Å². The van der Waals surface area contributed by atoms with Gasteiger partial charge in [0.1, 0.15) is 22.8 Å². The Morgan fingerprint density at radius 3 is 2.47 bits per heavy atom. The highest BCUT2D eigenvalue weighted by atomic mass is 32.1. The fourth-order valence-electron chi connectivity index (χ4n) is 3.13. The molecule has 0 aliphatic rings. The molecule has 7 nitrogen and oxygen atoms in total. The molecule has 0 fully saturated rings. The highest BCUT2D eigenvalue weighted by molar-refractivity contribution is 7.22. The first-order valence-corrected chi connectivity index (χ1v) is 11.0. The lowest BCUT2D eigenvalue weighted by Crippen LogP contribution is -2.34. The normalized spacial score (nSPS) is 10.7. The summed E-state index contributed by atoms with van der Waals surface area (Å²) < 4.78 is 17.5. The van der Waals surface area contributed by atoms with E-state index in [1.807, 2.05) is 55.5 Å². The van der Waals surface area contributed by atoms with Crippen LogP contribution >= 0.6 is 11.3 Å². The van der Waals surface area contributed by atoms with Crippen LogP contribution in [0.25, 0.3) is 10.2 Å². The monoisotopic (exact) mass is 449 g/mol. The third kappa shape index (κ3) is 4.97. The van der Waals surface area contributed by atoms with Gasteiger partial charge in [-0.2, -0.15) is 0 Å². The van der Waals surface area contributed by atoms with Crippen molar-refractivity contribution in [2.45, 2.75) is 13.5 Å². The zero-order valence-electron chi connectivity index (χ0n) is 17.9. The van der Waals surface area contributed by atoms with Crippen LogP contribution in [0.1, 0.15) is 12.6 Å². The molecule has 1 amide bonds. The molecule has 0 aliphatic carbocycles. The Labute approximate surface area is 190 Å². The smallest absolute Gasteiger partial charge is 0.267 e. The Morgan fingerprint density at radius 1 is 1.00 bits per heavy atom. The predicted octanol–water partition coefficient (Wildman–Crippen LogP) is 4.71. The molecule has 164 valence electrons. The van der Waals surface area contributed by atoms with Crippen molar-refractivity contribution in [1.82, 2.24) is 9.97 Å². The molecule has 2 aromatic carbocycles. The average molecular weight is 450 g/mol. The number of thiazole rings is 1. The SMILES string of the molecule is CCOc1ccc(OCC(=O)N(Cc2ccccn2)c2nc3c(OC)cccc3s2)cc1. The summed E-state index contributed by atoms with van der Waals surface area (Å²) in [5.41, 5.74) is 1.48. The van der Waals surface area contributed by atoms with Crippen molar-refractivity contribution in [1.29, 1.82) is 0 Å². The van der Waals surface area contributed by atoms with Crippen LogP contribution in [0.15, 0.2) is 66.9 Å². The topological polar surface area (TPSA) is 73.8 Å². The summed E-state index contributed by atoms with van der Waals surface area (Å²) in [6.45, 7) is 2.67. The van der Waals surface area contributed by atoms with E-state index in [1.54, 1.807) is 30.3 Å². The fraction of sp³-hybridized carbons (Fsp3) is 0.208. The van der Waals surface area contributed by atoms with E-state index >= 15 is 0 Å². The minimum Gasteiger partial charge on any atom is -0.494 e. The van der Waals surface area contributed by atoms with Gasteiger partial charge in [-0.15, -0.1) is 0 Å². The summed E-state index contributed by atoms with van der Waals surface area (Å²) in [7, 11) is 1.61. The van der Waals surface area contributed by atoms with Crippen LogP contribution in [0.2, 0.25) is 0 Å². The van der Waals surface area contributed by atoms with Crippen LogP contribution in [0.3, 0.4) is 0 Å². The van der Waals surface area contributed by atoms with Crippen molar-refractivity contribution in [2.24, 2.45) is 0 Å². The number of hydrogen-bond acceptors (Lipinski definition) is 7. The molecule has 2 aromatic heterocycles. The summed E-state index contributed by atoms with van der Waals surface area (Å²) in [6, 6.07) is 18.5. The molecule has 0 saturated heterocycles. The minimum absolute atomic E-state index is 0.131. The van der Waals surface area contributed by atoms with Gasteiger partial charge in [0.25, 0.3) is 5.91 Å². The number of carbonyl (C=O) groups is 1. The van der Waals surface area contributed by atoms with E-state index < -0.39 is 0 Å². The van der Waals surface area contributed by atoms with Gasteiger partial charge in [0.2, 0.25) is 0 Å². The second-order valence-corrected chi connectivity index (χ2v) is 7.81. The quantitative estimate of drug-likeness (QED) is 0.368. The van der Waals surface area contributed by atoms with Gasteiger partial charge in [-0.05, 0) is 55.5 Å². The zero-order chi connectivity index (χ0) is 22.3. The molecule has 0 spiro atoms. The van der Waals surface area contributed by atoms with Gasteiger partial charge < -0.3 is 14.2 Å². The lowest BCUT2D eigenvalue weighted by atomic mass is 10.3. The van der Waals surface area contributed by atoms with E-state index in [-0.39, 0.29) is 19.1 Å². The van der Waals surface area contributed by atoms with Crippen molar-refractivity contribution < 1.29 is 19.0 Å². The number of para-hydroxylation sites is 1. The number of carbonyl (C=O) groups excluding carboxylic acids is 1. The number of nitrogens with zero attached hydrogens (tertiary/aromatic N) is 3. The van der Waals surface area contributed by atoms with E-state index in [0.29, 0.717) is 23.2 Å². The maximum atomic E-state index is 13.2. The molecule has 4 rings (SSSR count). The van der Waals surface area contributed by atoms with E-state index in [0.717, 1.165) is 21.7 Å². The molecule has 0 aliphatic heterocycles. The lowest BCUT2D eigenvalue weighted by Gasteiger charge is -2.19. The second kappa shape index (κ2) is 10.1. The Hall–Kier alpha value is -3.65. The largest absolute Gasteiger partial charge is 0.494 e. The number of amides is 1. The Kier molecular flexibility index (Phi) is 6.81. The van der Waals surface area contributed by atoms with Crippen LogP contribution in [-0.2, 0) is 11.3 Å². The van der Waals surface area contributed by atoms with Gasteiger partial charge in [-0.3, -0.25) is 14.7 Å². The molecule has 0 radical (unpaired) electrons. The van der Waals surface area contributed by atoms with Gasteiger partial charge in [0, 0.05) is 6.20 Å². The van der Waals surface area contributed by atoms with Gasteiger partial charge in [-0.25, -0.2) is 4.98 Å². The van der Waals surface area contributed by atoms with E-state index in [4.69, 9.17) is 14.2 Å². The van der Waals surface area contributed by atoms with Crippen molar-refractivity contribution in [3.05, 3.63) is 72.6 Å². The molecule has 8 heteroatoms. The molecule has 0 bridgehead atoms. The Morgan fingerprint density at radius 2 is 1.78 bits per heavy atom. The van der Waals surface area contributed by atoms with Gasteiger partial charge >= 0.3 is 0 Å². The van der Waals surface area contributed by atoms with Gasteiger partial charge in [0.15, 0.2) is 11.7 Å². The molecule has 32 heavy (non-hydrogen) atoms. The van der Waals surface area contributed by atoms with Gasteiger partial charge in [-0.1, -0.05) is 23.5 Å². The molecular formula is C24H23N3O4S. The summed E-state index contributed by atoms with van der Waals surface area (Å²) in [6.07, 6.45) is 1.70. The Balaban J connectivity index is 1.57. The van der Waals surface area contributed by atoms with E-state index in [1.165, 1.54) is 11.3 Å². The molecule has 2 heterocycles. The predicted molar refractivity (Wildman–Crippen MR) is 125 cm³/mol. The van der Waals surface area contributed by atoms with E-state index in [9.17, 15) is 4.79 Å². The van der Waals surface area contributed by atoms with E-state index in [2.05, 4.69) is 9.97 Å². The third-order valence-electron chi connectivity index (χ3n) is 4.67. The standard InChI is InChI=1S/C24H23N3O4S/c1-3-30-18-10-12-19(13-11-18)31-16-22(28)27(15-17-7-4-5-14-25-17)24-26-23-20(29-2)8-6-9-21(23)32-24/h4-14H,3,15-16H2,1-2H3. The van der Waals surface area contributed by atoms with Gasteiger partial charge in [0.05, 0.1) is 30.7 Å². The summed E-state index contributed by atoms with van der Waals surface area (Å²) in [5, 5.41) is 0.565. The Bertz CT molecular complexity index is 1180. The van der Waals surface area contributed by atoms with Crippen LogP contribution in [0, 0.1) is 0 Å². The van der Waals surface area contributed by atoms with Crippen LogP contribution in [0.5, 0.6) is 17.2 Å². The van der Waals surface area contributed by atoms with Crippen LogP contribution in [-0.4, -0.2) is 36.2 Å². The van der Waals surface area contributed by atoms with Crippen molar-refractivity contribution in [3.8, 4) is 17.2 Å². The second-order valence-electron chi connectivity index (χ2n) is 6.80. The summed E-state index contributed by atoms with van der Waals surface area (Å²) in [4.78, 5) is 23.9. The third-order valence-corrected chi connectivity index (χ3v) is 5.71. The van der Waals surface area contributed by atoms with Crippen molar-refractivity contribution >= 4 is 32.6 Å². The molecular weight excluding hydrogens is 426 g/mol. The first kappa shape index (κ1) is 21.6. The highest BCUT2D eigenvalue weighted by Crippen LogP contribution is 2.34. The summed E-state index contributed by atoms with van der Waals surface area (Å²) >= 11 is 1.43. The number of ether oxygens (including phenoxy) is 3.